The van der Waals surface area contributed by atoms with Crippen molar-refractivity contribution in [2.45, 2.75) is 45.4 Å². The van der Waals surface area contributed by atoms with Crippen molar-refractivity contribution in [1.82, 2.24) is 0 Å². The third kappa shape index (κ3) is 6.74. The lowest BCUT2D eigenvalue weighted by Crippen LogP contribution is -2.10. The van der Waals surface area contributed by atoms with Gasteiger partial charge in [0.2, 0.25) is 0 Å². The number of carbonyl (C=O) groups excluding carboxylic acids is 1. The topological polar surface area (TPSA) is 26.3 Å². The maximum Gasteiger partial charge on any atom is 0.190 e. The maximum atomic E-state index is 11.9. The van der Waals surface area contributed by atoms with Gasteiger partial charge in [-0.1, -0.05) is 62.2 Å². The molecular weight excluding hydrogens is 295 g/mol. The van der Waals surface area contributed by atoms with E-state index in [-0.39, 0.29) is 12.4 Å². The number of hydrogen-bond acceptors (Lipinski definition) is 2. The molecule has 0 aliphatic carbocycles. The third-order valence-corrected chi connectivity index (χ3v) is 3.67. The van der Waals surface area contributed by atoms with Crippen molar-refractivity contribution < 1.29 is 9.53 Å². The Morgan fingerprint density at radius 1 is 1.10 bits per heavy atom. The van der Waals surface area contributed by atoms with Crippen LogP contribution in [-0.4, -0.2) is 19.0 Å². The molecular formula is C16H22Cl2O2. The van der Waals surface area contributed by atoms with Crippen LogP contribution in [-0.2, 0) is 4.74 Å². The summed E-state index contributed by atoms with van der Waals surface area (Å²) in [6, 6.07) is 4.88. The fourth-order valence-electron chi connectivity index (χ4n) is 1.94. The molecule has 1 rings (SSSR count). The summed E-state index contributed by atoms with van der Waals surface area (Å²) in [6.45, 7) is 2.89. The van der Waals surface area contributed by atoms with Gasteiger partial charge in [-0.15, -0.1) is 0 Å². The van der Waals surface area contributed by atoms with Gasteiger partial charge in [-0.25, -0.2) is 0 Å². The van der Waals surface area contributed by atoms with Gasteiger partial charge < -0.3 is 4.74 Å². The lowest BCUT2D eigenvalue weighted by Gasteiger charge is -2.06. The Morgan fingerprint density at radius 3 is 2.55 bits per heavy atom. The average molecular weight is 317 g/mol. The Balaban J connectivity index is 2.18. The maximum absolute atomic E-state index is 11.9. The Labute approximate surface area is 131 Å². The average Bonchev–Trinajstić information content (AvgIpc) is 2.44. The standard InChI is InChI=1S/C16H22Cl2O2/c1-2-3-4-5-6-7-10-20-12-16(19)14-11-13(17)8-9-15(14)18/h8-9,11H,2-7,10,12H2,1H3. The molecule has 2 nitrogen and oxygen atoms in total. The van der Waals surface area contributed by atoms with Gasteiger partial charge in [0, 0.05) is 17.2 Å². The summed E-state index contributed by atoms with van der Waals surface area (Å²) in [5.74, 6) is -0.122. The van der Waals surface area contributed by atoms with E-state index in [0.29, 0.717) is 22.2 Å². The number of unbranched alkanes of at least 4 members (excludes halogenated alkanes) is 5. The predicted octanol–water partition coefficient (Wildman–Crippen LogP) is 5.55. The zero-order valence-electron chi connectivity index (χ0n) is 12.0. The molecule has 1 aromatic rings. The largest absolute Gasteiger partial charge is 0.373 e. The molecule has 4 heteroatoms. The van der Waals surface area contributed by atoms with Crippen LogP contribution < -0.4 is 0 Å². The van der Waals surface area contributed by atoms with E-state index in [1.165, 1.54) is 25.7 Å². The monoisotopic (exact) mass is 316 g/mol. The normalized spacial score (nSPS) is 10.8. The second-order valence-corrected chi connectivity index (χ2v) is 5.71. The molecule has 0 saturated carbocycles. The molecule has 0 atom stereocenters. The number of carbonyl (C=O) groups is 1. The van der Waals surface area contributed by atoms with Crippen LogP contribution in [0.1, 0.15) is 55.8 Å². The van der Waals surface area contributed by atoms with E-state index in [2.05, 4.69) is 6.92 Å². The molecule has 0 heterocycles. The van der Waals surface area contributed by atoms with Crippen molar-refractivity contribution in [2.75, 3.05) is 13.2 Å². The van der Waals surface area contributed by atoms with Crippen molar-refractivity contribution in [1.29, 1.82) is 0 Å². The minimum absolute atomic E-state index is 0.0645. The lowest BCUT2D eigenvalue weighted by molar-refractivity contribution is 0.0752. The first-order valence-electron chi connectivity index (χ1n) is 7.21. The van der Waals surface area contributed by atoms with E-state index >= 15 is 0 Å². The third-order valence-electron chi connectivity index (χ3n) is 3.10. The first kappa shape index (κ1) is 17.5. The summed E-state index contributed by atoms with van der Waals surface area (Å²) in [6.07, 6.45) is 7.24. The van der Waals surface area contributed by atoms with Crippen LogP contribution in [0, 0.1) is 0 Å². The van der Waals surface area contributed by atoms with Crippen LogP contribution in [0.15, 0.2) is 18.2 Å². The molecule has 20 heavy (non-hydrogen) atoms. The van der Waals surface area contributed by atoms with Crippen LogP contribution in [0.4, 0.5) is 0 Å². The minimum atomic E-state index is -0.122. The van der Waals surface area contributed by atoms with E-state index in [9.17, 15) is 4.79 Å². The Kier molecular flexibility index (Phi) is 8.92. The summed E-state index contributed by atoms with van der Waals surface area (Å²) in [7, 11) is 0. The summed E-state index contributed by atoms with van der Waals surface area (Å²) in [4.78, 5) is 11.9. The molecule has 0 bridgehead atoms. The van der Waals surface area contributed by atoms with Crippen molar-refractivity contribution in [3.8, 4) is 0 Å². The summed E-state index contributed by atoms with van der Waals surface area (Å²) < 4.78 is 5.40. The number of rotatable bonds is 10. The van der Waals surface area contributed by atoms with Crippen molar-refractivity contribution >= 4 is 29.0 Å². The minimum Gasteiger partial charge on any atom is -0.373 e. The molecule has 0 spiro atoms. The van der Waals surface area contributed by atoms with E-state index < -0.39 is 0 Å². The summed E-state index contributed by atoms with van der Waals surface area (Å²) in [5.41, 5.74) is 0.433. The molecule has 0 radical (unpaired) electrons. The number of halogens is 2. The molecule has 0 saturated heterocycles. The molecule has 0 amide bonds. The van der Waals surface area contributed by atoms with Crippen molar-refractivity contribution in [3.05, 3.63) is 33.8 Å². The highest BCUT2D eigenvalue weighted by atomic mass is 35.5. The Morgan fingerprint density at radius 2 is 1.80 bits per heavy atom. The smallest absolute Gasteiger partial charge is 0.190 e. The Hall–Kier alpha value is -0.570. The second kappa shape index (κ2) is 10.2. The highest BCUT2D eigenvalue weighted by Gasteiger charge is 2.11. The first-order chi connectivity index (χ1) is 9.65. The van der Waals surface area contributed by atoms with Gasteiger partial charge in [0.25, 0.3) is 0 Å². The lowest BCUT2D eigenvalue weighted by atomic mass is 10.1. The van der Waals surface area contributed by atoms with E-state index in [4.69, 9.17) is 27.9 Å². The SMILES string of the molecule is CCCCCCCCOCC(=O)c1cc(Cl)ccc1Cl. The van der Waals surface area contributed by atoms with E-state index in [0.717, 1.165) is 12.8 Å². The highest BCUT2D eigenvalue weighted by Crippen LogP contribution is 2.21. The van der Waals surface area contributed by atoms with E-state index in [1.807, 2.05) is 0 Å². The quantitative estimate of drug-likeness (QED) is 0.417. The van der Waals surface area contributed by atoms with Gasteiger partial charge in [0.05, 0.1) is 5.02 Å². The summed E-state index contributed by atoms with van der Waals surface area (Å²) >= 11 is 11.8. The van der Waals surface area contributed by atoms with Gasteiger partial charge in [-0.05, 0) is 24.6 Å². The van der Waals surface area contributed by atoms with Crippen LogP contribution in [0.2, 0.25) is 10.0 Å². The molecule has 0 unspecified atom stereocenters. The zero-order chi connectivity index (χ0) is 14.8. The van der Waals surface area contributed by atoms with Crippen LogP contribution in [0.5, 0.6) is 0 Å². The molecule has 0 aliphatic heterocycles. The van der Waals surface area contributed by atoms with Gasteiger partial charge in [-0.2, -0.15) is 0 Å². The fourth-order valence-corrected chi connectivity index (χ4v) is 2.33. The number of ketones is 1. The Bertz CT molecular complexity index is 419. The molecule has 112 valence electrons. The molecule has 0 fully saturated rings. The number of hydrogen-bond donors (Lipinski definition) is 0. The molecule has 1 aromatic carbocycles. The van der Waals surface area contributed by atoms with Crippen LogP contribution in [0.3, 0.4) is 0 Å². The zero-order valence-corrected chi connectivity index (χ0v) is 13.5. The number of benzene rings is 1. The molecule has 0 N–H and O–H groups in total. The van der Waals surface area contributed by atoms with Gasteiger partial charge in [0.1, 0.15) is 6.61 Å². The highest BCUT2D eigenvalue weighted by molar-refractivity contribution is 6.35. The molecule has 0 aromatic heterocycles. The second-order valence-electron chi connectivity index (χ2n) is 4.87. The predicted molar refractivity (Wildman–Crippen MR) is 85.0 cm³/mol. The van der Waals surface area contributed by atoms with Crippen LogP contribution >= 0.6 is 23.2 Å². The summed E-state index contributed by atoms with van der Waals surface area (Å²) in [5, 5.41) is 0.927. The first-order valence-corrected chi connectivity index (χ1v) is 7.96. The number of ether oxygens (including phenoxy) is 1. The van der Waals surface area contributed by atoms with E-state index in [1.54, 1.807) is 18.2 Å². The fraction of sp³-hybridized carbons (Fsp3) is 0.562. The molecule has 0 aliphatic rings. The van der Waals surface area contributed by atoms with Gasteiger partial charge >= 0.3 is 0 Å². The van der Waals surface area contributed by atoms with Crippen molar-refractivity contribution in [2.24, 2.45) is 0 Å². The van der Waals surface area contributed by atoms with Gasteiger partial charge in [0.15, 0.2) is 5.78 Å². The number of Topliss-reactive ketones (excluding diaryl/α,β-unsaturated/α-hetero) is 1. The van der Waals surface area contributed by atoms with Crippen LogP contribution in [0.25, 0.3) is 0 Å². The van der Waals surface area contributed by atoms with Gasteiger partial charge in [-0.3, -0.25) is 4.79 Å². The van der Waals surface area contributed by atoms with Crippen molar-refractivity contribution in [3.63, 3.8) is 0 Å².